The van der Waals surface area contributed by atoms with Crippen molar-refractivity contribution in [2.24, 2.45) is 0 Å². The van der Waals surface area contributed by atoms with Gasteiger partial charge in [0.1, 0.15) is 4.88 Å². The van der Waals surface area contributed by atoms with E-state index in [1.165, 1.54) is 16.9 Å². The van der Waals surface area contributed by atoms with Crippen molar-refractivity contribution in [2.75, 3.05) is 26.0 Å². The molecule has 0 radical (unpaired) electrons. The fourth-order valence-electron chi connectivity index (χ4n) is 3.08. The molecule has 0 spiro atoms. The first-order valence-corrected chi connectivity index (χ1v) is 10.7. The molecule has 1 N–H and O–H groups in total. The van der Waals surface area contributed by atoms with Gasteiger partial charge in [-0.15, -0.1) is 11.3 Å². The van der Waals surface area contributed by atoms with E-state index in [2.05, 4.69) is 39.5 Å². The van der Waals surface area contributed by atoms with Crippen LogP contribution in [-0.4, -0.2) is 47.2 Å². The zero-order chi connectivity index (χ0) is 21.5. The number of amides is 2. The van der Waals surface area contributed by atoms with Crippen LogP contribution in [0.1, 0.15) is 38.1 Å². The molecule has 30 heavy (non-hydrogen) atoms. The summed E-state index contributed by atoms with van der Waals surface area (Å²) < 4.78 is 0. The van der Waals surface area contributed by atoms with Crippen molar-refractivity contribution in [3.63, 3.8) is 0 Å². The highest BCUT2D eigenvalue weighted by atomic mass is 32.1. The second-order valence-corrected chi connectivity index (χ2v) is 8.14. The van der Waals surface area contributed by atoms with Crippen LogP contribution >= 0.6 is 11.3 Å². The second-order valence-electron chi connectivity index (χ2n) is 7.23. The van der Waals surface area contributed by atoms with Crippen molar-refractivity contribution in [3.05, 3.63) is 81.8 Å². The van der Waals surface area contributed by atoms with E-state index in [-0.39, 0.29) is 11.8 Å². The minimum Gasteiger partial charge on any atom is -0.334 e. The molecule has 0 bridgehead atoms. The Balaban J connectivity index is 1.70. The van der Waals surface area contributed by atoms with E-state index in [0.717, 1.165) is 12.1 Å². The highest BCUT2D eigenvalue weighted by molar-refractivity contribution is 7.12. The van der Waals surface area contributed by atoms with Crippen molar-refractivity contribution >= 4 is 28.8 Å². The third-order valence-corrected chi connectivity index (χ3v) is 5.52. The van der Waals surface area contributed by atoms with Gasteiger partial charge >= 0.3 is 0 Å². The van der Waals surface area contributed by atoms with E-state index in [1.807, 2.05) is 26.4 Å². The summed E-state index contributed by atoms with van der Waals surface area (Å²) in [6, 6.07) is 13.4. The van der Waals surface area contributed by atoms with Gasteiger partial charge in [0.15, 0.2) is 0 Å². The number of aromatic nitrogens is 1. The Morgan fingerprint density at radius 2 is 1.60 bits per heavy atom. The quantitative estimate of drug-likeness (QED) is 0.593. The number of benzene rings is 1. The van der Waals surface area contributed by atoms with E-state index >= 15 is 0 Å². The molecule has 0 atom stereocenters. The first kappa shape index (κ1) is 21.7. The number of hydrogen-bond acceptors (Lipinski definition) is 5. The van der Waals surface area contributed by atoms with E-state index in [9.17, 15) is 9.59 Å². The summed E-state index contributed by atoms with van der Waals surface area (Å²) in [6.45, 7) is 3.94. The molecule has 0 saturated heterocycles. The largest absolute Gasteiger partial charge is 0.334 e. The molecule has 2 aromatic heterocycles. The van der Waals surface area contributed by atoms with Crippen molar-refractivity contribution in [1.29, 1.82) is 0 Å². The number of pyridine rings is 1. The fraction of sp³-hybridized carbons (Fsp3) is 0.261. The Hall–Kier alpha value is -3.03. The lowest BCUT2D eigenvalue weighted by Gasteiger charge is -2.21. The van der Waals surface area contributed by atoms with Gasteiger partial charge in [-0.2, -0.15) is 0 Å². The summed E-state index contributed by atoms with van der Waals surface area (Å²) in [7, 11) is 4.08. The normalized spacial score (nSPS) is 10.8. The van der Waals surface area contributed by atoms with Crippen LogP contribution in [0.25, 0.3) is 0 Å². The predicted molar refractivity (Wildman–Crippen MR) is 121 cm³/mol. The van der Waals surface area contributed by atoms with Crippen LogP contribution in [0.15, 0.2) is 60.2 Å². The Labute approximate surface area is 181 Å². The van der Waals surface area contributed by atoms with Crippen LogP contribution in [0.4, 0.5) is 5.69 Å². The molecule has 3 aromatic rings. The Morgan fingerprint density at radius 3 is 2.20 bits per heavy atom. The number of nitrogens with zero attached hydrogens (tertiary/aromatic N) is 3. The smallest absolute Gasteiger partial charge is 0.266 e. The molecule has 156 valence electrons. The zero-order valence-corrected chi connectivity index (χ0v) is 18.3. The summed E-state index contributed by atoms with van der Waals surface area (Å²) in [4.78, 5) is 34.0. The summed E-state index contributed by atoms with van der Waals surface area (Å²) in [5.41, 5.74) is 3.34. The SMILES string of the molecule is CCN(Cc1ccc(CN(C)C)cc1)C(=O)c1sccc1NC(=O)c1ccncc1. The highest BCUT2D eigenvalue weighted by Crippen LogP contribution is 2.25. The average Bonchev–Trinajstić information content (AvgIpc) is 3.21. The average molecular weight is 423 g/mol. The van der Waals surface area contributed by atoms with Gasteiger partial charge in [-0.1, -0.05) is 24.3 Å². The van der Waals surface area contributed by atoms with Gasteiger partial charge in [0, 0.05) is 37.6 Å². The number of hydrogen-bond donors (Lipinski definition) is 1. The first-order chi connectivity index (χ1) is 14.5. The zero-order valence-electron chi connectivity index (χ0n) is 17.5. The first-order valence-electron chi connectivity index (χ1n) is 9.78. The Morgan fingerprint density at radius 1 is 0.967 bits per heavy atom. The molecule has 0 unspecified atom stereocenters. The van der Waals surface area contributed by atoms with Crippen molar-refractivity contribution < 1.29 is 9.59 Å². The molecule has 0 fully saturated rings. The van der Waals surface area contributed by atoms with Crippen LogP contribution in [0.3, 0.4) is 0 Å². The molecular weight excluding hydrogens is 396 g/mol. The highest BCUT2D eigenvalue weighted by Gasteiger charge is 2.21. The van der Waals surface area contributed by atoms with Gasteiger partial charge in [0.25, 0.3) is 11.8 Å². The van der Waals surface area contributed by atoms with Crippen LogP contribution in [-0.2, 0) is 13.1 Å². The molecule has 0 aliphatic heterocycles. The molecule has 0 aliphatic carbocycles. The molecular formula is C23H26N4O2S. The molecule has 0 aliphatic rings. The van der Waals surface area contributed by atoms with Crippen molar-refractivity contribution in [3.8, 4) is 0 Å². The van der Waals surface area contributed by atoms with Gasteiger partial charge in [-0.3, -0.25) is 14.6 Å². The number of carbonyl (C=O) groups excluding carboxylic acids is 2. The second kappa shape index (κ2) is 10.1. The summed E-state index contributed by atoms with van der Waals surface area (Å²) in [5.74, 6) is -0.348. The van der Waals surface area contributed by atoms with E-state index in [4.69, 9.17) is 0 Å². The molecule has 2 heterocycles. The lowest BCUT2D eigenvalue weighted by atomic mass is 10.1. The van der Waals surface area contributed by atoms with Gasteiger partial charge in [-0.05, 0) is 55.7 Å². The van der Waals surface area contributed by atoms with Crippen molar-refractivity contribution in [2.45, 2.75) is 20.0 Å². The lowest BCUT2D eigenvalue weighted by molar-refractivity contribution is 0.0758. The van der Waals surface area contributed by atoms with Crippen LogP contribution in [0, 0.1) is 0 Å². The van der Waals surface area contributed by atoms with Gasteiger partial charge < -0.3 is 15.1 Å². The van der Waals surface area contributed by atoms with E-state index in [1.54, 1.807) is 35.5 Å². The standard InChI is InChI=1S/C23H26N4O2S/c1-4-27(16-18-7-5-17(6-8-18)15-26(2)3)23(29)21-20(11-14-30-21)25-22(28)19-9-12-24-13-10-19/h5-14H,4,15-16H2,1-3H3,(H,25,28). The number of thiophene rings is 1. The lowest BCUT2D eigenvalue weighted by Crippen LogP contribution is -2.30. The monoisotopic (exact) mass is 422 g/mol. The minimum absolute atomic E-state index is 0.0881. The third-order valence-electron chi connectivity index (χ3n) is 4.61. The molecule has 7 heteroatoms. The summed E-state index contributed by atoms with van der Waals surface area (Å²) >= 11 is 1.33. The van der Waals surface area contributed by atoms with Crippen molar-refractivity contribution in [1.82, 2.24) is 14.8 Å². The van der Waals surface area contributed by atoms with Gasteiger partial charge in [0.05, 0.1) is 5.69 Å². The maximum absolute atomic E-state index is 13.2. The minimum atomic E-state index is -0.260. The van der Waals surface area contributed by atoms with Gasteiger partial charge in [0.2, 0.25) is 0 Å². The van der Waals surface area contributed by atoms with Crippen LogP contribution in [0.2, 0.25) is 0 Å². The predicted octanol–water partition coefficient (Wildman–Crippen LogP) is 4.12. The maximum Gasteiger partial charge on any atom is 0.266 e. The number of anilines is 1. The summed E-state index contributed by atoms with van der Waals surface area (Å²) in [6.07, 6.45) is 3.13. The molecule has 2 amide bonds. The number of carbonyl (C=O) groups is 2. The molecule has 3 rings (SSSR count). The molecule has 6 nitrogen and oxygen atoms in total. The number of rotatable bonds is 8. The van der Waals surface area contributed by atoms with Crippen LogP contribution in [0.5, 0.6) is 0 Å². The van der Waals surface area contributed by atoms with Gasteiger partial charge in [-0.25, -0.2) is 0 Å². The Bertz CT molecular complexity index is 984. The topological polar surface area (TPSA) is 65.5 Å². The van der Waals surface area contributed by atoms with E-state index in [0.29, 0.717) is 29.2 Å². The fourth-order valence-corrected chi connectivity index (χ4v) is 3.89. The number of nitrogens with one attached hydrogen (secondary N) is 1. The molecule has 0 saturated carbocycles. The maximum atomic E-state index is 13.2. The summed E-state index contributed by atoms with van der Waals surface area (Å²) in [5, 5.41) is 4.67. The third kappa shape index (κ3) is 5.52. The Kier molecular flexibility index (Phi) is 7.32. The van der Waals surface area contributed by atoms with Crippen LogP contribution < -0.4 is 5.32 Å². The van der Waals surface area contributed by atoms with E-state index < -0.39 is 0 Å². The molecule has 1 aromatic carbocycles.